The largest absolute Gasteiger partial charge is 0.351 e. The Kier molecular flexibility index (Phi) is 6.30. The Labute approximate surface area is 153 Å². The van der Waals surface area contributed by atoms with Crippen LogP contribution < -0.4 is 5.32 Å². The second kappa shape index (κ2) is 8.87. The molecule has 1 saturated heterocycles. The first kappa shape index (κ1) is 18.5. The van der Waals surface area contributed by atoms with Crippen molar-refractivity contribution in [3.63, 3.8) is 0 Å². The second-order valence-corrected chi connectivity index (χ2v) is 6.73. The Morgan fingerprint density at radius 1 is 1.15 bits per heavy atom. The number of aryl methyl sites for hydroxylation is 1. The van der Waals surface area contributed by atoms with E-state index in [9.17, 15) is 9.18 Å². The van der Waals surface area contributed by atoms with E-state index in [1.165, 1.54) is 6.07 Å². The molecule has 0 saturated carbocycles. The molecule has 1 amide bonds. The summed E-state index contributed by atoms with van der Waals surface area (Å²) in [5.41, 5.74) is 2.59. The average molecular weight is 356 g/mol. The predicted octanol–water partition coefficient (Wildman–Crippen LogP) is 1.96. The van der Waals surface area contributed by atoms with E-state index in [1.54, 1.807) is 19.1 Å². The molecule has 0 unspecified atom stereocenters. The fraction of sp³-hybridized carbons (Fsp3) is 0.400. The van der Waals surface area contributed by atoms with Gasteiger partial charge in [0.05, 0.1) is 12.2 Å². The van der Waals surface area contributed by atoms with Crippen molar-refractivity contribution in [1.29, 1.82) is 0 Å². The molecule has 0 radical (unpaired) electrons. The smallest absolute Gasteiger partial charge is 0.234 e. The van der Waals surface area contributed by atoms with Gasteiger partial charge in [0.15, 0.2) is 0 Å². The fourth-order valence-electron chi connectivity index (χ4n) is 3.10. The van der Waals surface area contributed by atoms with Crippen LogP contribution in [0.15, 0.2) is 42.6 Å². The number of nitrogens with zero attached hydrogens (tertiary/aromatic N) is 3. The number of benzene rings is 1. The normalized spacial score (nSPS) is 15.8. The van der Waals surface area contributed by atoms with Gasteiger partial charge in [0.1, 0.15) is 5.82 Å². The van der Waals surface area contributed by atoms with E-state index in [-0.39, 0.29) is 11.7 Å². The molecule has 0 atom stereocenters. The zero-order chi connectivity index (χ0) is 18.4. The molecular formula is C20H25FN4O. The van der Waals surface area contributed by atoms with Crippen LogP contribution in [0.2, 0.25) is 0 Å². The summed E-state index contributed by atoms with van der Waals surface area (Å²) < 4.78 is 13.3. The number of hydrogen-bond donors (Lipinski definition) is 1. The number of aromatic nitrogens is 1. The Bertz CT molecular complexity index is 730. The number of carbonyl (C=O) groups is 1. The summed E-state index contributed by atoms with van der Waals surface area (Å²) in [6.45, 7) is 7.01. The molecule has 1 aliphatic heterocycles. The van der Waals surface area contributed by atoms with Crippen LogP contribution in [-0.4, -0.2) is 53.4 Å². The highest BCUT2D eigenvalue weighted by molar-refractivity contribution is 5.78. The molecule has 1 fully saturated rings. The van der Waals surface area contributed by atoms with Crippen LogP contribution in [0.25, 0.3) is 0 Å². The lowest BCUT2D eigenvalue weighted by Gasteiger charge is -2.34. The zero-order valence-corrected chi connectivity index (χ0v) is 15.1. The number of pyridine rings is 1. The first-order valence-corrected chi connectivity index (χ1v) is 8.96. The number of nitrogens with one attached hydrogen (secondary N) is 1. The number of halogens is 1. The molecule has 1 N–H and O–H groups in total. The standard InChI is InChI=1S/C20H25FN4O/c1-16-12-17(5-6-19(16)21)13-23-20(26)15-25-10-8-24(9-11-25)14-18-4-2-3-7-22-18/h2-7,12H,8-11,13-15H2,1H3,(H,23,26). The van der Waals surface area contributed by atoms with E-state index < -0.39 is 0 Å². The lowest BCUT2D eigenvalue weighted by Crippen LogP contribution is -2.49. The number of amides is 1. The number of carbonyl (C=O) groups excluding carboxylic acids is 1. The molecule has 0 aliphatic carbocycles. The SMILES string of the molecule is Cc1cc(CNC(=O)CN2CCN(Cc3ccccn3)CC2)ccc1F. The Balaban J connectivity index is 1.38. The second-order valence-electron chi connectivity index (χ2n) is 6.73. The van der Waals surface area contributed by atoms with Crippen molar-refractivity contribution < 1.29 is 9.18 Å². The highest BCUT2D eigenvalue weighted by Crippen LogP contribution is 2.09. The lowest BCUT2D eigenvalue weighted by molar-refractivity contribution is -0.122. The maximum Gasteiger partial charge on any atom is 0.234 e. The molecule has 3 rings (SSSR count). The van der Waals surface area contributed by atoms with Crippen molar-refractivity contribution in [2.24, 2.45) is 0 Å². The van der Waals surface area contributed by atoms with Gasteiger partial charge in [-0.3, -0.25) is 19.6 Å². The summed E-state index contributed by atoms with van der Waals surface area (Å²) in [6.07, 6.45) is 1.82. The molecule has 138 valence electrons. The van der Waals surface area contributed by atoms with Crippen molar-refractivity contribution in [2.75, 3.05) is 32.7 Å². The quantitative estimate of drug-likeness (QED) is 0.860. The maximum absolute atomic E-state index is 13.3. The zero-order valence-electron chi connectivity index (χ0n) is 15.1. The van der Waals surface area contributed by atoms with Crippen LogP contribution in [0.3, 0.4) is 0 Å². The first-order chi connectivity index (χ1) is 12.6. The van der Waals surface area contributed by atoms with Gasteiger partial charge in [0.25, 0.3) is 0 Å². The van der Waals surface area contributed by atoms with E-state index in [2.05, 4.69) is 20.1 Å². The topological polar surface area (TPSA) is 48.5 Å². The Morgan fingerprint density at radius 3 is 2.62 bits per heavy atom. The summed E-state index contributed by atoms with van der Waals surface area (Å²) in [7, 11) is 0. The minimum absolute atomic E-state index is 0.00477. The van der Waals surface area contributed by atoms with E-state index in [4.69, 9.17) is 0 Å². The molecule has 1 aliphatic rings. The molecule has 2 heterocycles. The Hall–Kier alpha value is -2.31. The third-order valence-corrected chi connectivity index (χ3v) is 4.66. The Morgan fingerprint density at radius 2 is 1.92 bits per heavy atom. The van der Waals surface area contributed by atoms with Gasteiger partial charge in [-0.2, -0.15) is 0 Å². The predicted molar refractivity (Wildman–Crippen MR) is 98.9 cm³/mol. The summed E-state index contributed by atoms with van der Waals surface area (Å²) in [5.74, 6) is -0.214. The van der Waals surface area contributed by atoms with E-state index in [0.29, 0.717) is 18.7 Å². The third-order valence-electron chi connectivity index (χ3n) is 4.66. The first-order valence-electron chi connectivity index (χ1n) is 8.96. The van der Waals surface area contributed by atoms with Gasteiger partial charge in [-0.25, -0.2) is 4.39 Å². The fourth-order valence-corrected chi connectivity index (χ4v) is 3.10. The van der Waals surface area contributed by atoms with Crippen LogP contribution in [0.1, 0.15) is 16.8 Å². The molecule has 0 bridgehead atoms. The average Bonchev–Trinajstić information content (AvgIpc) is 2.65. The van der Waals surface area contributed by atoms with E-state index >= 15 is 0 Å². The summed E-state index contributed by atoms with van der Waals surface area (Å²) >= 11 is 0. The molecule has 1 aromatic carbocycles. The van der Waals surface area contributed by atoms with Crippen LogP contribution in [0.4, 0.5) is 4.39 Å². The number of rotatable bonds is 6. The van der Waals surface area contributed by atoms with E-state index in [1.807, 2.05) is 24.4 Å². The lowest BCUT2D eigenvalue weighted by atomic mass is 10.1. The molecular weight excluding hydrogens is 331 g/mol. The van der Waals surface area contributed by atoms with Crippen LogP contribution >= 0.6 is 0 Å². The molecule has 2 aromatic rings. The van der Waals surface area contributed by atoms with Gasteiger partial charge >= 0.3 is 0 Å². The van der Waals surface area contributed by atoms with Crippen LogP contribution in [0, 0.1) is 12.7 Å². The van der Waals surface area contributed by atoms with Crippen molar-refractivity contribution in [3.05, 3.63) is 65.2 Å². The molecule has 6 heteroatoms. The van der Waals surface area contributed by atoms with E-state index in [0.717, 1.165) is 44.0 Å². The molecule has 0 spiro atoms. The van der Waals surface area contributed by atoms with Gasteiger partial charge in [0, 0.05) is 45.5 Å². The minimum atomic E-state index is -0.219. The summed E-state index contributed by atoms with van der Waals surface area (Å²) in [6, 6.07) is 10.9. The van der Waals surface area contributed by atoms with Crippen LogP contribution in [-0.2, 0) is 17.9 Å². The van der Waals surface area contributed by atoms with Crippen molar-refractivity contribution in [3.8, 4) is 0 Å². The molecule has 1 aromatic heterocycles. The van der Waals surface area contributed by atoms with Crippen molar-refractivity contribution in [1.82, 2.24) is 20.1 Å². The van der Waals surface area contributed by atoms with Gasteiger partial charge in [-0.15, -0.1) is 0 Å². The van der Waals surface area contributed by atoms with Crippen molar-refractivity contribution >= 4 is 5.91 Å². The minimum Gasteiger partial charge on any atom is -0.351 e. The monoisotopic (exact) mass is 356 g/mol. The van der Waals surface area contributed by atoms with Crippen molar-refractivity contribution in [2.45, 2.75) is 20.0 Å². The van der Waals surface area contributed by atoms with Crippen LogP contribution in [0.5, 0.6) is 0 Å². The van der Waals surface area contributed by atoms with Gasteiger partial charge in [-0.05, 0) is 36.2 Å². The van der Waals surface area contributed by atoms with Gasteiger partial charge < -0.3 is 5.32 Å². The number of hydrogen-bond acceptors (Lipinski definition) is 4. The summed E-state index contributed by atoms with van der Waals surface area (Å²) in [5, 5.41) is 2.92. The molecule has 5 nitrogen and oxygen atoms in total. The highest BCUT2D eigenvalue weighted by atomic mass is 19.1. The third kappa shape index (κ3) is 5.34. The summed E-state index contributed by atoms with van der Waals surface area (Å²) in [4.78, 5) is 21.0. The van der Waals surface area contributed by atoms with Gasteiger partial charge in [-0.1, -0.05) is 18.2 Å². The highest BCUT2D eigenvalue weighted by Gasteiger charge is 2.19. The van der Waals surface area contributed by atoms with Gasteiger partial charge in [0.2, 0.25) is 5.91 Å². The molecule has 26 heavy (non-hydrogen) atoms. The maximum atomic E-state index is 13.3. The number of piperazine rings is 1.